The van der Waals surface area contributed by atoms with Crippen LogP contribution in [0.1, 0.15) is 188 Å². The molecule has 2 N–H and O–H groups in total. The quantitative estimate of drug-likeness (QED) is 0.0791. The second kappa shape index (κ2) is 34.1. The standard InChI is InChI=1S/C20H29F3O3.C16H20F6O.C16H23F3O.3C4H12O2Si.6CH4/c1-19(2,3)26-18(24)25-15(20(21,22)23)9-12-7-13-8-14(12)17-11-5-4-10(6-11)16(13)17;17-15(18,19)14(23,16(20,21)22)6-10-4-9-5-11(10)13-8-2-1-7(3-8)12(9)13;1-15(20,16(17,18)19)7-11-5-10-6-12(11)14-9-3-2-8(4-9)13(10)14;3*1-5-7(3,4)6-2;;;;;;/h10-17H,4-9H2,1-3H3;7-13,23H,1-6H2;8-14,20H,2-7H2,1H3;3*1-4H3;6*1H4. The zero-order valence-corrected chi connectivity index (χ0v) is 59.0. The van der Waals surface area contributed by atoms with E-state index in [4.69, 9.17) is 36.0 Å². The average Bonchev–Trinajstić information content (AvgIpc) is 1.56. The molecule has 0 amide bonds. The Morgan fingerprint density at radius 1 is 0.396 bits per heavy atom. The van der Waals surface area contributed by atoms with Crippen molar-refractivity contribution in [2.45, 2.75) is 275 Å². The summed E-state index contributed by atoms with van der Waals surface area (Å²) in [6.07, 6.45) is -8.63. The molecule has 12 aliphatic carbocycles. The molecule has 23 unspecified atom stereocenters. The number of carbonyl (C=O) groups excluding carboxylic acids is 1. The molecule has 11 nitrogen and oxygen atoms in total. The molecule has 0 saturated heterocycles. The first-order valence-electron chi connectivity index (χ1n) is 33.1. The van der Waals surface area contributed by atoms with Crippen molar-refractivity contribution in [1.29, 1.82) is 0 Å². The van der Waals surface area contributed by atoms with Crippen LogP contribution in [-0.4, -0.2) is 132 Å². The Hall–Kier alpha value is -1.24. The minimum Gasteiger partial charge on any atom is -0.429 e. The lowest BCUT2D eigenvalue weighted by Crippen LogP contribution is -2.58. The molecule has 12 bridgehead atoms. The summed E-state index contributed by atoms with van der Waals surface area (Å²) < 4.78 is 197. The number of carbonyl (C=O) groups is 1. The number of hydrogen-bond acceptors (Lipinski definition) is 11. The van der Waals surface area contributed by atoms with Gasteiger partial charge in [0.2, 0.25) is 6.10 Å². The first-order chi connectivity index (χ1) is 41.2. The van der Waals surface area contributed by atoms with Gasteiger partial charge in [0.25, 0.3) is 5.60 Å². The van der Waals surface area contributed by atoms with Crippen molar-refractivity contribution >= 4 is 31.8 Å². The fourth-order valence-electron chi connectivity index (χ4n) is 20.4. The summed E-state index contributed by atoms with van der Waals surface area (Å²) in [5.41, 5.74) is -7.94. The highest BCUT2D eigenvalue weighted by atomic mass is 28.4. The van der Waals surface area contributed by atoms with Crippen molar-refractivity contribution in [3.63, 3.8) is 0 Å². The summed E-state index contributed by atoms with van der Waals surface area (Å²) in [6, 6.07) is 0. The van der Waals surface area contributed by atoms with Gasteiger partial charge in [0, 0.05) is 42.7 Å². The summed E-state index contributed by atoms with van der Waals surface area (Å²) >= 11 is 0. The second-order valence-electron chi connectivity index (χ2n) is 31.7. The van der Waals surface area contributed by atoms with E-state index < -0.39 is 91.8 Å². The van der Waals surface area contributed by atoms with Gasteiger partial charge in [0.05, 0.1) is 0 Å². The minimum absolute atomic E-state index is 0. The maximum Gasteiger partial charge on any atom is 0.509 e. The van der Waals surface area contributed by atoms with Crippen molar-refractivity contribution in [2.24, 2.45) is 124 Å². The van der Waals surface area contributed by atoms with Crippen molar-refractivity contribution in [3.05, 3.63) is 0 Å². The van der Waals surface area contributed by atoms with Crippen LogP contribution in [0.5, 0.6) is 0 Å². The number of hydrogen-bond donors (Lipinski definition) is 2. The maximum absolute atomic E-state index is 13.5. The van der Waals surface area contributed by atoms with E-state index in [2.05, 4.69) is 0 Å². The lowest BCUT2D eigenvalue weighted by Gasteiger charge is -2.42. The molecule has 0 aliphatic heterocycles. The molecular formula is C70H132F12O11Si3. The largest absolute Gasteiger partial charge is 0.509 e. The molecule has 0 radical (unpaired) electrons. The van der Waals surface area contributed by atoms with Crippen LogP contribution in [0, 0.1) is 124 Å². The van der Waals surface area contributed by atoms with E-state index in [9.17, 15) is 67.7 Å². The number of aliphatic hydroxyl groups is 2. The van der Waals surface area contributed by atoms with E-state index in [1.165, 1.54) is 44.9 Å². The third kappa shape index (κ3) is 20.4. The predicted molar refractivity (Wildman–Crippen MR) is 362 cm³/mol. The Bertz CT molecular complexity index is 2290. The van der Waals surface area contributed by atoms with Crippen molar-refractivity contribution in [3.8, 4) is 0 Å². The molecule has 12 aliphatic rings. The van der Waals surface area contributed by atoms with E-state index in [0.29, 0.717) is 65.6 Å². The number of ether oxygens (including phenoxy) is 2. The first-order valence-corrected chi connectivity index (χ1v) is 41.6. The van der Waals surface area contributed by atoms with Gasteiger partial charge in [-0.1, -0.05) is 44.6 Å². The molecule has 0 heterocycles. The fraction of sp³-hybridized carbons (Fsp3) is 0.986. The molecule has 23 atom stereocenters. The Kier molecular flexibility index (Phi) is 33.0. The number of fused-ring (bicyclic) bond motifs is 27. The summed E-state index contributed by atoms with van der Waals surface area (Å²) in [7, 11) is 5.10. The smallest absolute Gasteiger partial charge is 0.429 e. The van der Waals surface area contributed by atoms with Gasteiger partial charge in [-0.25, -0.2) is 4.79 Å². The summed E-state index contributed by atoms with van der Waals surface area (Å²) in [5, 5.41) is 19.3. The molecule has 0 aromatic rings. The van der Waals surface area contributed by atoms with Crippen LogP contribution in [0.25, 0.3) is 0 Å². The molecule has 12 saturated carbocycles. The van der Waals surface area contributed by atoms with Crippen LogP contribution >= 0.6 is 0 Å². The SMILES string of the molecule is C.C.C.C.C.C.CC(C)(C)OC(=O)OC(CC1CC2CC1C1C3CCC(C3)C21)C(F)(F)F.CC(O)(CC1CC2CC1C1C3CCC(C3)C21)C(F)(F)F.CO[Si](C)(C)OC.CO[Si](C)(C)OC.CO[Si](C)(C)OC.OC(CC1CC2CC1C1C3CCC(C3)C21)(C(F)(F)F)C(F)(F)F. The summed E-state index contributed by atoms with van der Waals surface area (Å²) in [5.74, 6) is 9.93. The normalized spacial score (nSPS) is 35.9. The summed E-state index contributed by atoms with van der Waals surface area (Å²) in [6.45, 7) is 17.8. The zero-order valence-electron chi connectivity index (χ0n) is 56.0. The number of alkyl halides is 12. The van der Waals surface area contributed by atoms with Gasteiger partial charge in [0.1, 0.15) is 5.60 Å². The highest BCUT2D eigenvalue weighted by molar-refractivity contribution is 6.65. The highest BCUT2D eigenvalue weighted by Gasteiger charge is 2.73. The molecule has 26 heteroatoms. The lowest BCUT2D eigenvalue weighted by atomic mass is 9.65. The van der Waals surface area contributed by atoms with Crippen LogP contribution in [0.3, 0.4) is 0 Å². The van der Waals surface area contributed by atoms with Crippen molar-refractivity contribution in [2.75, 3.05) is 42.7 Å². The molecule has 0 spiro atoms. The number of halogens is 12. The Morgan fingerprint density at radius 3 is 0.917 bits per heavy atom. The number of rotatable bonds is 13. The van der Waals surface area contributed by atoms with E-state index in [1.807, 2.05) is 39.3 Å². The lowest BCUT2D eigenvalue weighted by molar-refractivity contribution is -0.373. The van der Waals surface area contributed by atoms with Crippen LogP contribution < -0.4 is 0 Å². The van der Waals surface area contributed by atoms with E-state index in [0.717, 1.165) is 87.4 Å². The van der Waals surface area contributed by atoms with Gasteiger partial charge in [0.15, 0.2) is 5.60 Å². The molecular weight excluding hydrogens is 1330 g/mol. The van der Waals surface area contributed by atoms with Crippen LogP contribution in [-0.2, 0) is 36.0 Å². The van der Waals surface area contributed by atoms with Gasteiger partial charge >= 0.3 is 56.5 Å². The van der Waals surface area contributed by atoms with Crippen LogP contribution in [0.15, 0.2) is 0 Å². The van der Waals surface area contributed by atoms with Gasteiger partial charge in [-0.05, 0) is 307 Å². The highest BCUT2D eigenvalue weighted by Crippen LogP contribution is 2.73. The van der Waals surface area contributed by atoms with Gasteiger partial charge < -0.3 is 46.2 Å². The van der Waals surface area contributed by atoms with Crippen LogP contribution in [0.4, 0.5) is 57.5 Å². The Balaban J connectivity index is 0.000000612. The Labute approximate surface area is 574 Å². The third-order valence-corrected chi connectivity index (χ3v) is 30.7. The molecule has 574 valence electrons. The average molecular weight is 1460 g/mol. The minimum atomic E-state index is -5.68. The second-order valence-corrected chi connectivity index (χ2v) is 42.6. The van der Waals surface area contributed by atoms with E-state index >= 15 is 0 Å². The van der Waals surface area contributed by atoms with Crippen molar-refractivity contribution in [1.82, 2.24) is 0 Å². The molecule has 12 fully saturated rings. The monoisotopic (exact) mass is 1460 g/mol. The maximum atomic E-state index is 13.5. The molecule has 96 heavy (non-hydrogen) atoms. The van der Waals surface area contributed by atoms with Gasteiger partial charge in [-0.3, -0.25) is 0 Å². The summed E-state index contributed by atoms with van der Waals surface area (Å²) in [4.78, 5) is 11.8. The zero-order chi connectivity index (χ0) is 67.7. The predicted octanol–water partition coefficient (Wildman–Crippen LogP) is 20.9. The van der Waals surface area contributed by atoms with Gasteiger partial charge in [-0.15, -0.1) is 0 Å². The van der Waals surface area contributed by atoms with Crippen molar-refractivity contribution < 1.29 is 104 Å². The van der Waals surface area contributed by atoms with Crippen LogP contribution in [0.2, 0.25) is 39.3 Å². The van der Waals surface area contributed by atoms with E-state index in [1.54, 1.807) is 63.4 Å². The molecule has 12 rings (SSSR count). The third-order valence-electron chi connectivity index (χ3n) is 24.8. The molecule has 0 aromatic heterocycles. The fourth-order valence-corrected chi connectivity index (χ4v) is 20.9. The van der Waals surface area contributed by atoms with E-state index in [-0.39, 0.29) is 81.1 Å². The Morgan fingerprint density at radius 2 is 0.667 bits per heavy atom. The topological polar surface area (TPSA) is 131 Å². The van der Waals surface area contributed by atoms with Gasteiger partial charge in [-0.2, -0.15) is 52.7 Å². The molecule has 0 aromatic carbocycles. The first kappa shape index (κ1) is 92.8.